The maximum atomic E-state index is 12.9. The Morgan fingerprint density at radius 2 is 1.95 bits per heavy atom. The van der Waals surface area contributed by atoms with Gasteiger partial charge in [0.15, 0.2) is 0 Å². The summed E-state index contributed by atoms with van der Waals surface area (Å²) < 4.78 is 13.9. The minimum absolute atomic E-state index is 0.0768. The highest BCUT2D eigenvalue weighted by Crippen LogP contribution is 2.23. The minimum Gasteiger partial charge on any atom is -0.334 e. The largest absolute Gasteiger partial charge is 0.334 e. The van der Waals surface area contributed by atoms with Gasteiger partial charge in [-0.05, 0) is 59.3 Å². The van der Waals surface area contributed by atoms with Crippen LogP contribution < -0.4 is 0 Å². The van der Waals surface area contributed by atoms with Gasteiger partial charge in [0, 0.05) is 17.0 Å². The predicted octanol–water partition coefficient (Wildman–Crippen LogP) is 4.31. The van der Waals surface area contributed by atoms with Gasteiger partial charge < -0.3 is 4.90 Å². The molecule has 19 heavy (non-hydrogen) atoms. The van der Waals surface area contributed by atoms with Gasteiger partial charge in [0.05, 0.1) is 10.3 Å². The second-order valence-corrected chi connectivity index (χ2v) is 6.58. The molecule has 2 aromatic rings. The van der Waals surface area contributed by atoms with E-state index in [-0.39, 0.29) is 11.7 Å². The lowest BCUT2D eigenvalue weighted by atomic mass is 10.2. The molecule has 0 aliphatic heterocycles. The van der Waals surface area contributed by atoms with E-state index in [2.05, 4.69) is 15.9 Å². The van der Waals surface area contributed by atoms with Crippen LogP contribution in [-0.4, -0.2) is 17.4 Å². The average Bonchev–Trinajstić information content (AvgIpc) is 2.81. The molecule has 5 heteroatoms. The first-order valence-corrected chi connectivity index (χ1v) is 7.50. The standard InChI is InChI=1S/C14H13BrFNOS/c1-2-17(9-12-7-8-13(15)19-12)14(18)10-3-5-11(16)6-4-10/h3-8H,2,9H2,1H3. The van der Waals surface area contributed by atoms with E-state index in [1.807, 2.05) is 19.1 Å². The molecule has 0 fully saturated rings. The third-order valence-corrected chi connectivity index (χ3v) is 4.34. The first-order valence-electron chi connectivity index (χ1n) is 5.89. The van der Waals surface area contributed by atoms with Gasteiger partial charge in [-0.15, -0.1) is 11.3 Å². The van der Waals surface area contributed by atoms with Crippen LogP contribution in [0.4, 0.5) is 4.39 Å². The van der Waals surface area contributed by atoms with Crippen LogP contribution in [0.3, 0.4) is 0 Å². The number of rotatable bonds is 4. The van der Waals surface area contributed by atoms with E-state index in [0.29, 0.717) is 18.7 Å². The Morgan fingerprint density at radius 1 is 1.26 bits per heavy atom. The highest BCUT2D eigenvalue weighted by molar-refractivity contribution is 9.11. The quantitative estimate of drug-likeness (QED) is 0.811. The van der Waals surface area contributed by atoms with Crippen molar-refractivity contribution in [2.45, 2.75) is 13.5 Å². The second kappa shape index (κ2) is 6.30. The number of benzene rings is 1. The number of hydrogen-bond acceptors (Lipinski definition) is 2. The van der Waals surface area contributed by atoms with Gasteiger partial charge in [0.2, 0.25) is 0 Å². The molecule has 1 aromatic heterocycles. The summed E-state index contributed by atoms with van der Waals surface area (Å²) in [4.78, 5) is 15.2. The fraction of sp³-hybridized carbons (Fsp3) is 0.214. The fourth-order valence-corrected chi connectivity index (χ4v) is 3.23. The summed E-state index contributed by atoms with van der Waals surface area (Å²) in [6, 6.07) is 9.62. The van der Waals surface area contributed by atoms with E-state index in [0.717, 1.165) is 8.66 Å². The van der Waals surface area contributed by atoms with E-state index in [9.17, 15) is 9.18 Å². The molecule has 2 nitrogen and oxygen atoms in total. The molecule has 0 saturated carbocycles. The first kappa shape index (κ1) is 14.2. The molecule has 0 radical (unpaired) electrons. The molecule has 0 spiro atoms. The molecule has 0 bridgehead atoms. The lowest BCUT2D eigenvalue weighted by Gasteiger charge is -2.20. The van der Waals surface area contributed by atoms with E-state index in [1.165, 1.54) is 24.3 Å². The maximum absolute atomic E-state index is 12.9. The Hall–Kier alpha value is -1.20. The van der Waals surface area contributed by atoms with Crippen LogP contribution in [0.2, 0.25) is 0 Å². The van der Waals surface area contributed by atoms with Crippen LogP contribution in [0, 0.1) is 5.82 Å². The van der Waals surface area contributed by atoms with Gasteiger partial charge >= 0.3 is 0 Å². The zero-order chi connectivity index (χ0) is 13.8. The first-order chi connectivity index (χ1) is 9.10. The van der Waals surface area contributed by atoms with Crippen molar-refractivity contribution in [2.24, 2.45) is 0 Å². The van der Waals surface area contributed by atoms with Gasteiger partial charge in [0.25, 0.3) is 5.91 Å². The van der Waals surface area contributed by atoms with Crippen molar-refractivity contribution in [1.29, 1.82) is 0 Å². The fourth-order valence-electron chi connectivity index (χ4n) is 1.73. The zero-order valence-corrected chi connectivity index (χ0v) is 12.8. The van der Waals surface area contributed by atoms with Gasteiger partial charge in [-0.2, -0.15) is 0 Å². The summed E-state index contributed by atoms with van der Waals surface area (Å²) in [6.07, 6.45) is 0. The molecule has 0 atom stereocenters. The van der Waals surface area contributed by atoms with Crippen LogP contribution in [0.5, 0.6) is 0 Å². The van der Waals surface area contributed by atoms with E-state index >= 15 is 0 Å². The van der Waals surface area contributed by atoms with Crippen molar-refractivity contribution in [1.82, 2.24) is 4.90 Å². The van der Waals surface area contributed by atoms with Crippen molar-refractivity contribution < 1.29 is 9.18 Å². The Labute approximate surface area is 124 Å². The Bertz CT molecular complexity index is 567. The number of hydrogen-bond donors (Lipinski definition) is 0. The average molecular weight is 342 g/mol. The number of halogens is 2. The summed E-state index contributed by atoms with van der Waals surface area (Å²) in [6.45, 7) is 3.12. The molecular formula is C14H13BrFNOS. The minimum atomic E-state index is -0.332. The van der Waals surface area contributed by atoms with Gasteiger partial charge in [-0.1, -0.05) is 0 Å². The van der Waals surface area contributed by atoms with E-state index in [4.69, 9.17) is 0 Å². The SMILES string of the molecule is CCN(Cc1ccc(Br)s1)C(=O)c1ccc(F)cc1. The second-order valence-electron chi connectivity index (χ2n) is 4.03. The smallest absolute Gasteiger partial charge is 0.254 e. The molecule has 100 valence electrons. The van der Waals surface area contributed by atoms with Crippen molar-refractivity contribution in [3.63, 3.8) is 0 Å². The summed E-state index contributed by atoms with van der Waals surface area (Å²) in [5.74, 6) is -0.409. The number of carbonyl (C=O) groups excluding carboxylic acids is 1. The highest BCUT2D eigenvalue weighted by atomic mass is 79.9. The summed E-state index contributed by atoms with van der Waals surface area (Å²) in [5, 5.41) is 0. The molecule has 1 aromatic carbocycles. The molecule has 0 aliphatic carbocycles. The topological polar surface area (TPSA) is 20.3 Å². The maximum Gasteiger partial charge on any atom is 0.254 e. The van der Waals surface area contributed by atoms with Gasteiger partial charge in [-0.3, -0.25) is 4.79 Å². The molecule has 1 heterocycles. The summed E-state index contributed by atoms with van der Waals surface area (Å²) in [5.41, 5.74) is 0.513. The van der Waals surface area contributed by atoms with Crippen molar-refractivity contribution in [3.8, 4) is 0 Å². The van der Waals surface area contributed by atoms with Gasteiger partial charge in [-0.25, -0.2) is 4.39 Å². The lowest BCUT2D eigenvalue weighted by Crippen LogP contribution is -2.29. The van der Waals surface area contributed by atoms with E-state index < -0.39 is 0 Å². The Kier molecular flexibility index (Phi) is 4.71. The van der Waals surface area contributed by atoms with Crippen molar-refractivity contribution in [3.05, 3.63) is 56.4 Å². The summed E-state index contributed by atoms with van der Waals surface area (Å²) in [7, 11) is 0. The van der Waals surface area contributed by atoms with Gasteiger partial charge in [0.1, 0.15) is 5.82 Å². The third-order valence-electron chi connectivity index (χ3n) is 2.74. The number of nitrogens with zero attached hydrogens (tertiary/aromatic N) is 1. The molecule has 0 N–H and O–H groups in total. The van der Waals surface area contributed by atoms with Crippen molar-refractivity contribution in [2.75, 3.05) is 6.54 Å². The van der Waals surface area contributed by atoms with E-state index in [1.54, 1.807) is 16.2 Å². The predicted molar refractivity (Wildman–Crippen MR) is 78.8 cm³/mol. The third kappa shape index (κ3) is 3.64. The van der Waals surface area contributed by atoms with Crippen LogP contribution in [0.25, 0.3) is 0 Å². The molecule has 0 aliphatic rings. The normalized spacial score (nSPS) is 10.5. The van der Waals surface area contributed by atoms with Crippen LogP contribution in [-0.2, 0) is 6.54 Å². The number of carbonyl (C=O) groups is 1. The van der Waals surface area contributed by atoms with Crippen molar-refractivity contribution >= 4 is 33.2 Å². The Morgan fingerprint density at radius 3 is 2.47 bits per heavy atom. The van der Waals surface area contributed by atoms with Crippen LogP contribution >= 0.6 is 27.3 Å². The highest BCUT2D eigenvalue weighted by Gasteiger charge is 2.15. The van der Waals surface area contributed by atoms with Crippen LogP contribution in [0.1, 0.15) is 22.2 Å². The molecular weight excluding hydrogens is 329 g/mol. The molecule has 1 amide bonds. The monoisotopic (exact) mass is 341 g/mol. The lowest BCUT2D eigenvalue weighted by molar-refractivity contribution is 0.0754. The summed E-state index contributed by atoms with van der Waals surface area (Å²) >= 11 is 5.02. The number of thiophene rings is 1. The zero-order valence-electron chi connectivity index (χ0n) is 10.4. The molecule has 0 unspecified atom stereocenters. The van der Waals surface area contributed by atoms with Crippen LogP contribution in [0.15, 0.2) is 40.2 Å². The Balaban J connectivity index is 2.12. The number of amides is 1. The molecule has 2 rings (SSSR count). The molecule has 0 saturated heterocycles.